The monoisotopic (exact) mass is 284 g/mol. The summed E-state index contributed by atoms with van der Waals surface area (Å²) in [5, 5.41) is 8.93. The number of nitrogens with zero attached hydrogens (tertiary/aromatic N) is 2. The van der Waals surface area contributed by atoms with Crippen molar-refractivity contribution in [3.05, 3.63) is 0 Å². The number of ether oxygens (including phenoxy) is 1. The van der Waals surface area contributed by atoms with Crippen LogP contribution in [0.1, 0.15) is 32.6 Å². The average Bonchev–Trinajstić information content (AvgIpc) is 2.41. The van der Waals surface area contributed by atoms with Crippen LogP contribution in [-0.2, 0) is 14.3 Å². The maximum atomic E-state index is 12.4. The van der Waals surface area contributed by atoms with E-state index in [-0.39, 0.29) is 18.4 Å². The Labute approximate surface area is 119 Å². The molecule has 0 aliphatic carbocycles. The Kier molecular flexibility index (Phi) is 5.37. The SMILES string of the molecule is CC1CCCCN1C(=O)CN1CCOCC1CC(=O)O. The molecule has 0 radical (unpaired) electrons. The van der Waals surface area contributed by atoms with Crippen molar-refractivity contribution in [1.82, 2.24) is 9.80 Å². The molecule has 114 valence electrons. The van der Waals surface area contributed by atoms with E-state index in [1.54, 1.807) is 0 Å². The lowest BCUT2D eigenvalue weighted by Gasteiger charge is -2.38. The van der Waals surface area contributed by atoms with Gasteiger partial charge in [0.05, 0.1) is 26.2 Å². The fourth-order valence-electron chi connectivity index (χ4n) is 3.02. The van der Waals surface area contributed by atoms with Crippen LogP contribution in [0.15, 0.2) is 0 Å². The van der Waals surface area contributed by atoms with Gasteiger partial charge in [0.15, 0.2) is 0 Å². The van der Waals surface area contributed by atoms with Gasteiger partial charge in [-0.05, 0) is 26.2 Å². The van der Waals surface area contributed by atoms with Crippen LogP contribution in [0.5, 0.6) is 0 Å². The number of hydrogen-bond acceptors (Lipinski definition) is 4. The summed E-state index contributed by atoms with van der Waals surface area (Å²) in [5.74, 6) is -0.723. The Balaban J connectivity index is 1.92. The lowest BCUT2D eigenvalue weighted by atomic mass is 10.0. The zero-order chi connectivity index (χ0) is 14.5. The molecule has 0 saturated carbocycles. The highest BCUT2D eigenvalue weighted by atomic mass is 16.5. The molecular weight excluding hydrogens is 260 g/mol. The number of carbonyl (C=O) groups excluding carboxylic acids is 1. The molecule has 2 rings (SSSR count). The van der Waals surface area contributed by atoms with Gasteiger partial charge in [0.2, 0.25) is 5.91 Å². The number of piperidine rings is 1. The summed E-state index contributed by atoms with van der Waals surface area (Å²) in [7, 11) is 0. The van der Waals surface area contributed by atoms with Crippen LogP contribution in [0, 0.1) is 0 Å². The molecule has 2 saturated heterocycles. The summed E-state index contributed by atoms with van der Waals surface area (Å²) in [6.07, 6.45) is 3.35. The zero-order valence-corrected chi connectivity index (χ0v) is 12.1. The van der Waals surface area contributed by atoms with Crippen LogP contribution in [0.3, 0.4) is 0 Å². The summed E-state index contributed by atoms with van der Waals surface area (Å²) in [6.45, 7) is 4.82. The first-order valence-electron chi connectivity index (χ1n) is 7.41. The van der Waals surface area contributed by atoms with Crippen molar-refractivity contribution in [1.29, 1.82) is 0 Å². The van der Waals surface area contributed by atoms with Crippen molar-refractivity contribution in [2.75, 3.05) is 32.8 Å². The van der Waals surface area contributed by atoms with E-state index in [9.17, 15) is 9.59 Å². The highest BCUT2D eigenvalue weighted by molar-refractivity contribution is 5.79. The molecule has 2 aliphatic heterocycles. The molecular formula is C14H24N2O4. The predicted molar refractivity (Wildman–Crippen MR) is 73.5 cm³/mol. The molecule has 0 aromatic rings. The van der Waals surface area contributed by atoms with E-state index in [0.29, 0.717) is 32.3 Å². The molecule has 6 nitrogen and oxygen atoms in total. The summed E-state index contributed by atoms with van der Waals surface area (Å²) in [4.78, 5) is 27.2. The van der Waals surface area contributed by atoms with E-state index >= 15 is 0 Å². The average molecular weight is 284 g/mol. The number of rotatable bonds is 4. The second kappa shape index (κ2) is 7.04. The number of amides is 1. The van der Waals surface area contributed by atoms with Gasteiger partial charge >= 0.3 is 5.97 Å². The molecule has 0 spiro atoms. The van der Waals surface area contributed by atoms with Crippen molar-refractivity contribution in [2.24, 2.45) is 0 Å². The first-order valence-corrected chi connectivity index (χ1v) is 7.41. The van der Waals surface area contributed by atoms with Gasteiger partial charge in [-0.2, -0.15) is 0 Å². The van der Waals surface area contributed by atoms with Gasteiger partial charge in [-0.1, -0.05) is 0 Å². The zero-order valence-electron chi connectivity index (χ0n) is 12.1. The van der Waals surface area contributed by atoms with Crippen LogP contribution in [0.25, 0.3) is 0 Å². The number of aliphatic carboxylic acids is 1. The van der Waals surface area contributed by atoms with Gasteiger partial charge in [-0.3, -0.25) is 14.5 Å². The topological polar surface area (TPSA) is 70.1 Å². The summed E-state index contributed by atoms with van der Waals surface area (Å²) in [5.41, 5.74) is 0. The molecule has 2 fully saturated rings. The first-order chi connectivity index (χ1) is 9.58. The summed E-state index contributed by atoms with van der Waals surface area (Å²) < 4.78 is 5.33. The predicted octanol–water partition coefficient (Wildman–Crippen LogP) is 0.563. The number of hydrogen-bond donors (Lipinski definition) is 1. The standard InChI is InChI=1S/C14H24N2O4/c1-11-4-2-3-5-16(11)13(17)9-15-6-7-20-10-12(15)8-14(18)19/h11-12H,2-10H2,1H3,(H,18,19). The fraction of sp³-hybridized carbons (Fsp3) is 0.857. The number of carboxylic acids is 1. The van der Waals surface area contributed by atoms with Crippen molar-refractivity contribution in [3.63, 3.8) is 0 Å². The lowest BCUT2D eigenvalue weighted by Crippen LogP contribution is -2.53. The molecule has 2 unspecified atom stereocenters. The van der Waals surface area contributed by atoms with E-state index in [1.807, 2.05) is 9.80 Å². The largest absolute Gasteiger partial charge is 0.481 e. The normalized spacial score (nSPS) is 28.4. The molecule has 2 atom stereocenters. The van der Waals surface area contributed by atoms with E-state index in [4.69, 9.17) is 9.84 Å². The highest BCUT2D eigenvalue weighted by Gasteiger charge is 2.30. The molecule has 20 heavy (non-hydrogen) atoms. The number of likely N-dealkylation sites (tertiary alicyclic amines) is 1. The minimum absolute atomic E-state index is 0.0306. The quantitative estimate of drug-likeness (QED) is 0.817. The minimum Gasteiger partial charge on any atom is -0.481 e. The maximum absolute atomic E-state index is 12.4. The Hall–Kier alpha value is -1.14. The van der Waals surface area contributed by atoms with Crippen LogP contribution < -0.4 is 0 Å². The van der Waals surface area contributed by atoms with Crippen LogP contribution in [-0.4, -0.2) is 71.7 Å². The molecule has 0 bridgehead atoms. The molecule has 0 aromatic heterocycles. The second-order valence-corrected chi connectivity index (χ2v) is 5.73. The van der Waals surface area contributed by atoms with Crippen molar-refractivity contribution in [2.45, 2.75) is 44.7 Å². The van der Waals surface area contributed by atoms with Gasteiger partial charge in [0.25, 0.3) is 0 Å². The molecule has 0 aromatic carbocycles. The highest BCUT2D eigenvalue weighted by Crippen LogP contribution is 2.18. The third kappa shape index (κ3) is 3.93. The Bertz CT molecular complexity index is 361. The third-order valence-electron chi connectivity index (χ3n) is 4.22. The number of carboxylic acid groups (broad SMARTS) is 1. The smallest absolute Gasteiger partial charge is 0.305 e. The Morgan fingerprint density at radius 2 is 2.10 bits per heavy atom. The van der Waals surface area contributed by atoms with Gasteiger partial charge in [-0.25, -0.2) is 0 Å². The maximum Gasteiger partial charge on any atom is 0.305 e. The molecule has 1 N–H and O–H groups in total. The van der Waals surface area contributed by atoms with Gasteiger partial charge in [-0.15, -0.1) is 0 Å². The Morgan fingerprint density at radius 3 is 2.80 bits per heavy atom. The van der Waals surface area contributed by atoms with Crippen molar-refractivity contribution < 1.29 is 19.4 Å². The van der Waals surface area contributed by atoms with Gasteiger partial charge in [0, 0.05) is 25.2 Å². The van der Waals surface area contributed by atoms with E-state index in [1.165, 1.54) is 6.42 Å². The van der Waals surface area contributed by atoms with E-state index in [0.717, 1.165) is 19.4 Å². The third-order valence-corrected chi connectivity index (χ3v) is 4.22. The van der Waals surface area contributed by atoms with Crippen LogP contribution >= 0.6 is 0 Å². The second-order valence-electron chi connectivity index (χ2n) is 5.73. The molecule has 2 heterocycles. The van der Waals surface area contributed by atoms with Crippen molar-refractivity contribution >= 4 is 11.9 Å². The van der Waals surface area contributed by atoms with Crippen LogP contribution in [0.2, 0.25) is 0 Å². The lowest BCUT2D eigenvalue weighted by molar-refractivity contribution is -0.144. The first kappa shape index (κ1) is 15.3. The van der Waals surface area contributed by atoms with Gasteiger partial charge in [0.1, 0.15) is 0 Å². The van der Waals surface area contributed by atoms with E-state index in [2.05, 4.69) is 6.92 Å². The minimum atomic E-state index is -0.843. The summed E-state index contributed by atoms with van der Waals surface area (Å²) in [6, 6.07) is 0.112. The van der Waals surface area contributed by atoms with Crippen molar-refractivity contribution in [3.8, 4) is 0 Å². The fourth-order valence-corrected chi connectivity index (χ4v) is 3.02. The van der Waals surface area contributed by atoms with Gasteiger partial charge < -0.3 is 14.7 Å². The summed E-state index contributed by atoms with van der Waals surface area (Å²) >= 11 is 0. The molecule has 1 amide bonds. The van der Waals surface area contributed by atoms with E-state index < -0.39 is 5.97 Å². The number of morpholine rings is 1. The number of carbonyl (C=O) groups is 2. The molecule has 2 aliphatic rings. The van der Waals surface area contributed by atoms with Crippen LogP contribution in [0.4, 0.5) is 0 Å². The molecule has 6 heteroatoms. The Morgan fingerprint density at radius 1 is 1.30 bits per heavy atom.